The maximum absolute atomic E-state index is 12.0. The van der Waals surface area contributed by atoms with E-state index >= 15 is 0 Å². The smallest absolute Gasteiger partial charge is 0.241 e. The van der Waals surface area contributed by atoms with E-state index in [9.17, 15) is 4.79 Å². The third-order valence-corrected chi connectivity index (χ3v) is 2.89. The van der Waals surface area contributed by atoms with Gasteiger partial charge in [0.2, 0.25) is 5.91 Å². The number of nitrogens with one attached hydrogen (secondary N) is 1. The summed E-state index contributed by atoms with van der Waals surface area (Å²) in [4.78, 5) is 16.0. The van der Waals surface area contributed by atoms with E-state index in [-0.39, 0.29) is 18.1 Å². The number of nitrogens with zero attached hydrogens (tertiary/aromatic N) is 2. The SMILES string of the molecule is CC(C)C1NC(C)N(CCN(C)C)C1=O. The van der Waals surface area contributed by atoms with Gasteiger partial charge in [0.25, 0.3) is 0 Å². The highest BCUT2D eigenvalue weighted by atomic mass is 16.2. The summed E-state index contributed by atoms with van der Waals surface area (Å²) in [5.41, 5.74) is 0. The molecule has 2 atom stereocenters. The Labute approximate surface area is 92.6 Å². The van der Waals surface area contributed by atoms with Crippen molar-refractivity contribution in [1.29, 1.82) is 0 Å². The topological polar surface area (TPSA) is 35.6 Å². The van der Waals surface area contributed by atoms with Crippen molar-refractivity contribution < 1.29 is 4.79 Å². The van der Waals surface area contributed by atoms with E-state index in [1.165, 1.54) is 0 Å². The fraction of sp³-hybridized carbons (Fsp3) is 0.909. The lowest BCUT2D eigenvalue weighted by molar-refractivity contribution is -0.130. The van der Waals surface area contributed by atoms with Crippen molar-refractivity contribution >= 4 is 5.91 Å². The van der Waals surface area contributed by atoms with E-state index in [0.29, 0.717) is 5.92 Å². The molecule has 1 heterocycles. The molecule has 0 aromatic rings. The molecule has 1 aliphatic heterocycles. The van der Waals surface area contributed by atoms with Gasteiger partial charge in [-0.1, -0.05) is 13.8 Å². The van der Waals surface area contributed by atoms with Gasteiger partial charge < -0.3 is 9.80 Å². The van der Waals surface area contributed by atoms with Crippen LogP contribution in [0.25, 0.3) is 0 Å². The summed E-state index contributed by atoms with van der Waals surface area (Å²) in [5, 5.41) is 3.33. The molecule has 4 nitrogen and oxygen atoms in total. The minimum absolute atomic E-state index is 0.00200. The second kappa shape index (κ2) is 4.94. The molecule has 0 saturated carbocycles. The minimum Gasteiger partial charge on any atom is -0.325 e. The minimum atomic E-state index is 0.00200. The molecule has 1 fully saturated rings. The molecule has 0 spiro atoms. The Bertz CT molecular complexity index is 228. The van der Waals surface area contributed by atoms with Gasteiger partial charge in [-0.3, -0.25) is 10.1 Å². The van der Waals surface area contributed by atoms with Crippen molar-refractivity contribution in [1.82, 2.24) is 15.1 Å². The first kappa shape index (κ1) is 12.5. The Morgan fingerprint density at radius 1 is 1.47 bits per heavy atom. The van der Waals surface area contributed by atoms with Crippen molar-refractivity contribution in [2.45, 2.75) is 33.0 Å². The largest absolute Gasteiger partial charge is 0.325 e. The molecule has 0 radical (unpaired) electrons. The van der Waals surface area contributed by atoms with E-state index in [4.69, 9.17) is 0 Å². The molecule has 0 aromatic carbocycles. The van der Waals surface area contributed by atoms with Crippen LogP contribution in [0.5, 0.6) is 0 Å². The molecule has 1 rings (SSSR count). The molecule has 1 saturated heterocycles. The summed E-state index contributed by atoms with van der Waals surface area (Å²) in [6, 6.07) is 0.00200. The fourth-order valence-electron chi connectivity index (χ4n) is 1.88. The Morgan fingerprint density at radius 3 is 2.47 bits per heavy atom. The Hall–Kier alpha value is -0.610. The molecule has 1 N–H and O–H groups in total. The van der Waals surface area contributed by atoms with Crippen LogP contribution in [-0.2, 0) is 4.79 Å². The van der Waals surface area contributed by atoms with Gasteiger partial charge in [0.15, 0.2) is 0 Å². The second-order valence-corrected chi connectivity index (χ2v) is 4.90. The molecule has 15 heavy (non-hydrogen) atoms. The first-order valence-corrected chi connectivity index (χ1v) is 5.64. The van der Waals surface area contributed by atoms with Crippen molar-refractivity contribution in [3.63, 3.8) is 0 Å². The number of carbonyl (C=O) groups is 1. The van der Waals surface area contributed by atoms with E-state index in [2.05, 4.69) is 31.0 Å². The lowest BCUT2D eigenvalue weighted by Gasteiger charge is -2.22. The van der Waals surface area contributed by atoms with Crippen molar-refractivity contribution in [2.24, 2.45) is 5.92 Å². The second-order valence-electron chi connectivity index (χ2n) is 4.90. The standard InChI is InChI=1S/C11H23N3O/c1-8(2)10-11(15)14(9(3)12-10)7-6-13(4)5/h8-10,12H,6-7H2,1-5H3. The fourth-order valence-corrected chi connectivity index (χ4v) is 1.88. The van der Waals surface area contributed by atoms with Crippen molar-refractivity contribution in [3.05, 3.63) is 0 Å². The third-order valence-electron chi connectivity index (χ3n) is 2.89. The quantitative estimate of drug-likeness (QED) is 0.732. The van der Waals surface area contributed by atoms with Crippen LogP contribution in [0.2, 0.25) is 0 Å². The highest BCUT2D eigenvalue weighted by molar-refractivity contribution is 5.84. The zero-order valence-electron chi connectivity index (χ0n) is 10.4. The number of likely N-dealkylation sites (N-methyl/N-ethyl adjacent to an activating group) is 1. The Morgan fingerprint density at radius 2 is 2.07 bits per heavy atom. The zero-order valence-corrected chi connectivity index (χ0v) is 10.4. The van der Waals surface area contributed by atoms with Gasteiger partial charge in [0.05, 0.1) is 12.2 Å². The molecule has 0 aliphatic carbocycles. The summed E-state index contributed by atoms with van der Waals surface area (Å²) in [6.45, 7) is 7.94. The Kier molecular flexibility index (Phi) is 4.11. The number of hydrogen-bond donors (Lipinski definition) is 1. The average molecular weight is 213 g/mol. The highest BCUT2D eigenvalue weighted by Crippen LogP contribution is 2.16. The van der Waals surface area contributed by atoms with Crippen LogP contribution in [0.1, 0.15) is 20.8 Å². The number of hydrogen-bond acceptors (Lipinski definition) is 3. The van der Waals surface area contributed by atoms with Crippen LogP contribution in [0, 0.1) is 5.92 Å². The summed E-state index contributed by atoms with van der Waals surface area (Å²) < 4.78 is 0. The van der Waals surface area contributed by atoms with Gasteiger partial charge in [-0.25, -0.2) is 0 Å². The summed E-state index contributed by atoms with van der Waals surface area (Å²) >= 11 is 0. The highest BCUT2D eigenvalue weighted by Gasteiger charge is 2.37. The molecule has 88 valence electrons. The van der Waals surface area contributed by atoms with Gasteiger partial charge in [-0.15, -0.1) is 0 Å². The predicted molar refractivity (Wildman–Crippen MR) is 61.5 cm³/mol. The van der Waals surface area contributed by atoms with Crippen molar-refractivity contribution in [3.8, 4) is 0 Å². The van der Waals surface area contributed by atoms with Crippen LogP contribution in [0.15, 0.2) is 0 Å². The molecule has 0 bridgehead atoms. The lowest BCUT2D eigenvalue weighted by Crippen LogP contribution is -2.39. The average Bonchev–Trinajstić information content (AvgIpc) is 2.39. The first-order valence-electron chi connectivity index (χ1n) is 5.64. The first-order chi connectivity index (χ1) is 6.93. The third kappa shape index (κ3) is 2.92. The number of rotatable bonds is 4. The molecule has 2 unspecified atom stereocenters. The summed E-state index contributed by atoms with van der Waals surface area (Å²) in [6.07, 6.45) is 0.171. The van der Waals surface area contributed by atoms with Crippen LogP contribution in [-0.4, -0.2) is 55.1 Å². The van der Waals surface area contributed by atoms with Crippen LogP contribution in [0.4, 0.5) is 0 Å². The zero-order chi connectivity index (χ0) is 11.6. The van der Waals surface area contributed by atoms with Gasteiger partial charge >= 0.3 is 0 Å². The molecule has 1 amide bonds. The van der Waals surface area contributed by atoms with Gasteiger partial charge in [0.1, 0.15) is 0 Å². The van der Waals surface area contributed by atoms with Crippen LogP contribution < -0.4 is 5.32 Å². The maximum Gasteiger partial charge on any atom is 0.241 e. The van der Waals surface area contributed by atoms with Crippen LogP contribution in [0.3, 0.4) is 0 Å². The number of amides is 1. The lowest BCUT2D eigenvalue weighted by atomic mass is 10.1. The van der Waals surface area contributed by atoms with Gasteiger partial charge in [-0.05, 0) is 26.9 Å². The van der Waals surface area contributed by atoms with E-state index in [1.54, 1.807) is 0 Å². The van der Waals surface area contributed by atoms with Crippen molar-refractivity contribution in [2.75, 3.05) is 27.2 Å². The summed E-state index contributed by atoms with van der Waals surface area (Å²) in [5.74, 6) is 0.614. The molecule has 0 aromatic heterocycles. The van der Waals surface area contributed by atoms with Crippen LogP contribution >= 0.6 is 0 Å². The summed E-state index contributed by atoms with van der Waals surface area (Å²) in [7, 11) is 4.05. The molecule has 4 heteroatoms. The molecular weight excluding hydrogens is 190 g/mol. The van der Waals surface area contributed by atoms with E-state index < -0.39 is 0 Å². The molecular formula is C11H23N3O. The normalized spacial score (nSPS) is 27.1. The monoisotopic (exact) mass is 213 g/mol. The molecule has 1 aliphatic rings. The number of carbonyl (C=O) groups excluding carboxylic acids is 1. The van der Waals surface area contributed by atoms with E-state index in [1.807, 2.05) is 19.0 Å². The Balaban J connectivity index is 2.55. The van der Waals surface area contributed by atoms with Gasteiger partial charge in [-0.2, -0.15) is 0 Å². The predicted octanol–water partition coefficient (Wildman–Crippen LogP) is 0.350. The maximum atomic E-state index is 12.0. The van der Waals surface area contributed by atoms with Gasteiger partial charge in [0, 0.05) is 13.1 Å². The van der Waals surface area contributed by atoms with E-state index in [0.717, 1.165) is 13.1 Å².